The first kappa shape index (κ1) is 21.3. The second kappa shape index (κ2) is 9.51. The SMILES string of the molecule is O[C@H]1C[C@H](c2ccccc2)N(CC2CCCCC2)C[C@H]1n1cc(-c2ccc(F)cc2)nn1. The van der Waals surface area contributed by atoms with E-state index in [0.29, 0.717) is 12.1 Å². The maximum Gasteiger partial charge on any atom is 0.123 e. The van der Waals surface area contributed by atoms with Gasteiger partial charge < -0.3 is 5.11 Å². The first-order valence-corrected chi connectivity index (χ1v) is 11.8. The maximum absolute atomic E-state index is 13.3. The van der Waals surface area contributed by atoms with Gasteiger partial charge in [-0.15, -0.1) is 5.10 Å². The number of benzene rings is 2. The number of piperidine rings is 1. The third-order valence-corrected chi connectivity index (χ3v) is 7.16. The van der Waals surface area contributed by atoms with E-state index in [0.717, 1.165) is 24.6 Å². The number of aliphatic hydroxyl groups excluding tert-OH is 1. The lowest BCUT2D eigenvalue weighted by molar-refractivity contribution is -0.0154. The van der Waals surface area contributed by atoms with E-state index in [1.807, 2.05) is 12.3 Å². The van der Waals surface area contributed by atoms with Crippen LogP contribution in [0.1, 0.15) is 56.2 Å². The average Bonchev–Trinajstić information content (AvgIpc) is 3.32. The van der Waals surface area contributed by atoms with Crippen LogP contribution in [0.5, 0.6) is 0 Å². The van der Waals surface area contributed by atoms with Gasteiger partial charge in [-0.25, -0.2) is 9.07 Å². The van der Waals surface area contributed by atoms with Crippen LogP contribution in [0.25, 0.3) is 11.3 Å². The summed E-state index contributed by atoms with van der Waals surface area (Å²) in [5, 5.41) is 19.8. The van der Waals surface area contributed by atoms with Crippen molar-refractivity contribution in [2.45, 2.75) is 56.7 Å². The number of hydrogen-bond donors (Lipinski definition) is 1. The van der Waals surface area contributed by atoms with Crippen molar-refractivity contribution in [1.82, 2.24) is 19.9 Å². The highest BCUT2D eigenvalue weighted by atomic mass is 19.1. The molecule has 2 aromatic carbocycles. The number of hydrogen-bond acceptors (Lipinski definition) is 4. The molecule has 0 amide bonds. The fourth-order valence-corrected chi connectivity index (χ4v) is 5.40. The minimum absolute atomic E-state index is 0.153. The van der Waals surface area contributed by atoms with E-state index in [9.17, 15) is 9.50 Å². The Morgan fingerprint density at radius 3 is 2.47 bits per heavy atom. The molecule has 2 fully saturated rings. The third-order valence-electron chi connectivity index (χ3n) is 7.16. The predicted octanol–water partition coefficient (Wildman–Crippen LogP) is 5.01. The van der Waals surface area contributed by atoms with Crippen molar-refractivity contribution in [3.05, 3.63) is 72.2 Å². The number of likely N-dealkylation sites (tertiary alicyclic amines) is 1. The van der Waals surface area contributed by atoms with Gasteiger partial charge in [0.1, 0.15) is 11.5 Å². The number of aliphatic hydroxyl groups is 1. The van der Waals surface area contributed by atoms with Gasteiger partial charge in [-0.1, -0.05) is 54.8 Å². The number of halogens is 1. The van der Waals surface area contributed by atoms with Crippen molar-refractivity contribution in [1.29, 1.82) is 0 Å². The molecule has 1 N–H and O–H groups in total. The van der Waals surface area contributed by atoms with Crippen molar-refractivity contribution >= 4 is 0 Å². The molecule has 1 aromatic heterocycles. The fourth-order valence-electron chi connectivity index (χ4n) is 5.40. The van der Waals surface area contributed by atoms with Gasteiger partial charge in [0.05, 0.1) is 18.3 Å². The minimum atomic E-state index is -0.509. The Bertz CT molecular complexity index is 1000. The highest BCUT2D eigenvalue weighted by Gasteiger charge is 2.38. The van der Waals surface area contributed by atoms with E-state index in [1.165, 1.54) is 49.8 Å². The lowest BCUT2D eigenvalue weighted by Crippen LogP contribution is -2.47. The monoisotopic (exact) mass is 434 g/mol. The van der Waals surface area contributed by atoms with Crippen LogP contribution < -0.4 is 0 Å². The molecule has 0 spiro atoms. The Morgan fingerprint density at radius 1 is 0.969 bits per heavy atom. The molecule has 2 aliphatic rings. The van der Waals surface area contributed by atoms with Crippen LogP contribution in [0.2, 0.25) is 0 Å². The molecular formula is C26H31FN4O. The average molecular weight is 435 g/mol. The molecule has 1 aliphatic carbocycles. The molecule has 1 saturated heterocycles. The third kappa shape index (κ3) is 4.62. The largest absolute Gasteiger partial charge is 0.391 e. The minimum Gasteiger partial charge on any atom is -0.391 e. The molecule has 5 nitrogen and oxygen atoms in total. The van der Waals surface area contributed by atoms with Crippen molar-refractivity contribution in [3.63, 3.8) is 0 Å². The summed E-state index contributed by atoms with van der Waals surface area (Å²) < 4.78 is 15.1. The predicted molar refractivity (Wildman–Crippen MR) is 122 cm³/mol. The standard InChI is InChI=1S/C26H31FN4O/c27-22-13-11-20(12-14-22)23-17-31(29-28-23)25-18-30(16-19-7-3-1-4-8-19)24(15-26(25)32)21-9-5-2-6-10-21/h2,5-6,9-14,17,19,24-26,32H,1,3-4,7-8,15-16,18H2/t24-,25-,26+/m1/s1. The molecule has 32 heavy (non-hydrogen) atoms. The van der Waals surface area contributed by atoms with Gasteiger partial charge >= 0.3 is 0 Å². The van der Waals surface area contributed by atoms with E-state index in [-0.39, 0.29) is 17.9 Å². The summed E-state index contributed by atoms with van der Waals surface area (Å²) in [6.07, 6.45) is 8.63. The number of aromatic nitrogens is 3. The molecule has 1 aliphatic heterocycles. The van der Waals surface area contributed by atoms with E-state index in [4.69, 9.17) is 0 Å². The van der Waals surface area contributed by atoms with Crippen LogP contribution in [0.15, 0.2) is 60.8 Å². The normalized spacial score (nSPS) is 25.1. The molecule has 168 valence electrons. The summed E-state index contributed by atoms with van der Waals surface area (Å²) in [7, 11) is 0. The van der Waals surface area contributed by atoms with E-state index < -0.39 is 6.10 Å². The summed E-state index contributed by atoms with van der Waals surface area (Å²) in [5.74, 6) is 0.450. The Morgan fingerprint density at radius 2 is 1.72 bits per heavy atom. The van der Waals surface area contributed by atoms with Crippen molar-refractivity contribution < 1.29 is 9.50 Å². The molecule has 1 saturated carbocycles. The summed E-state index contributed by atoms with van der Waals surface area (Å²) in [4.78, 5) is 2.56. The van der Waals surface area contributed by atoms with Gasteiger partial charge in [0.25, 0.3) is 0 Å². The van der Waals surface area contributed by atoms with Crippen LogP contribution in [-0.2, 0) is 0 Å². The van der Waals surface area contributed by atoms with Gasteiger partial charge in [0.2, 0.25) is 0 Å². The fraction of sp³-hybridized carbons (Fsp3) is 0.462. The zero-order chi connectivity index (χ0) is 21.9. The van der Waals surface area contributed by atoms with Crippen molar-refractivity contribution in [3.8, 4) is 11.3 Å². The van der Waals surface area contributed by atoms with Crippen LogP contribution >= 0.6 is 0 Å². The van der Waals surface area contributed by atoms with Gasteiger partial charge in [-0.3, -0.25) is 4.90 Å². The van der Waals surface area contributed by atoms with Gasteiger partial charge in [-0.05, 0) is 55.0 Å². The smallest absolute Gasteiger partial charge is 0.123 e. The second-order valence-corrected chi connectivity index (χ2v) is 9.35. The highest BCUT2D eigenvalue weighted by Crippen LogP contribution is 2.38. The molecule has 0 radical (unpaired) electrons. The Hall–Kier alpha value is -2.57. The molecule has 6 heteroatoms. The van der Waals surface area contributed by atoms with Gasteiger partial charge in [0.15, 0.2) is 0 Å². The molecule has 3 aromatic rings. The second-order valence-electron chi connectivity index (χ2n) is 9.35. The Balaban J connectivity index is 1.38. The van der Waals surface area contributed by atoms with Gasteiger partial charge in [0, 0.05) is 24.7 Å². The summed E-state index contributed by atoms with van der Waals surface area (Å²) in [6.45, 7) is 1.80. The topological polar surface area (TPSA) is 54.2 Å². The molecule has 0 unspecified atom stereocenters. The van der Waals surface area contributed by atoms with Crippen LogP contribution in [0, 0.1) is 11.7 Å². The molecule has 2 heterocycles. The molecular weight excluding hydrogens is 403 g/mol. The van der Waals surface area contributed by atoms with E-state index >= 15 is 0 Å². The van der Waals surface area contributed by atoms with E-state index in [2.05, 4.69) is 39.5 Å². The Kier molecular flexibility index (Phi) is 6.32. The van der Waals surface area contributed by atoms with Crippen LogP contribution in [0.3, 0.4) is 0 Å². The first-order valence-electron chi connectivity index (χ1n) is 11.8. The maximum atomic E-state index is 13.3. The summed E-state index contributed by atoms with van der Waals surface area (Å²) >= 11 is 0. The van der Waals surface area contributed by atoms with Crippen LogP contribution in [0.4, 0.5) is 4.39 Å². The van der Waals surface area contributed by atoms with Crippen molar-refractivity contribution in [2.24, 2.45) is 5.92 Å². The van der Waals surface area contributed by atoms with Crippen LogP contribution in [-0.4, -0.2) is 44.2 Å². The molecule has 5 rings (SSSR count). The lowest BCUT2D eigenvalue weighted by Gasteiger charge is -2.44. The number of nitrogens with zero attached hydrogens (tertiary/aromatic N) is 4. The van der Waals surface area contributed by atoms with Gasteiger partial charge in [-0.2, -0.15) is 0 Å². The zero-order valence-electron chi connectivity index (χ0n) is 18.4. The Labute approximate surface area is 188 Å². The molecule has 0 bridgehead atoms. The summed E-state index contributed by atoms with van der Waals surface area (Å²) in [5.41, 5.74) is 2.79. The lowest BCUT2D eigenvalue weighted by atomic mass is 9.85. The summed E-state index contributed by atoms with van der Waals surface area (Å²) in [6, 6.07) is 16.9. The van der Waals surface area contributed by atoms with E-state index in [1.54, 1.807) is 16.8 Å². The highest BCUT2D eigenvalue weighted by molar-refractivity contribution is 5.57. The van der Waals surface area contributed by atoms with Crippen molar-refractivity contribution in [2.75, 3.05) is 13.1 Å². The number of rotatable bonds is 5. The first-order chi connectivity index (χ1) is 15.7. The quantitative estimate of drug-likeness (QED) is 0.613. The zero-order valence-corrected chi connectivity index (χ0v) is 18.4. The molecule has 3 atom stereocenters.